The van der Waals surface area contributed by atoms with Crippen LogP contribution in [0.5, 0.6) is 5.75 Å². The Bertz CT molecular complexity index is 315. The lowest BCUT2D eigenvalue weighted by Crippen LogP contribution is -2.21. The van der Waals surface area contributed by atoms with Crippen LogP contribution >= 0.6 is 11.6 Å². The van der Waals surface area contributed by atoms with E-state index in [9.17, 15) is 0 Å². The third-order valence-corrected chi connectivity index (χ3v) is 2.74. The minimum absolute atomic E-state index is 0.699. The van der Waals surface area contributed by atoms with Gasteiger partial charge in [0.05, 0.1) is 0 Å². The molecule has 1 aromatic rings. The van der Waals surface area contributed by atoms with Gasteiger partial charge in [0.25, 0.3) is 0 Å². The minimum Gasteiger partial charge on any atom is -0.492 e. The van der Waals surface area contributed by atoms with E-state index in [2.05, 4.69) is 19.2 Å². The highest BCUT2D eigenvalue weighted by atomic mass is 35.5. The number of aryl methyl sites for hydroxylation is 1. The molecule has 0 atom stereocenters. The number of ether oxygens (including phenoxy) is 1. The van der Waals surface area contributed by atoms with Crippen LogP contribution in [0.15, 0.2) is 18.2 Å². The van der Waals surface area contributed by atoms with Crippen molar-refractivity contribution in [2.24, 2.45) is 0 Å². The molecule has 0 radical (unpaired) electrons. The van der Waals surface area contributed by atoms with Crippen molar-refractivity contribution < 1.29 is 4.74 Å². The molecule has 1 rings (SSSR count). The summed E-state index contributed by atoms with van der Waals surface area (Å²) in [7, 11) is 0. The smallest absolute Gasteiger partial charge is 0.119 e. The second kappa shape index (κ2) is 7.53. The summed E-state index contributed by atoms with van der Waals surface area (Å²) in [5.74, 6) is 0.902. The Kier molecular flexibility index (Phi) is 6.27. The summed E-state index contributed by atoms with van der Waals surface area (Å²) in [5.41, 5.74) is 1.14. The third-order valence-electron chi connectivity index (χ3n) is 2.37. The molecule has 0 aromatic heterocycles. The van der Waals surface area contributed by atoms with Crippen molar-refractivity contribution in [1.29, 1.82) is 0 Å². The summed E-state index contributed by atoms with van der Waals surface area (Å²) < 4.78 is 5.63. The number of hydrogen-bond donors (Lipinski definition) is 1. The molecule has 90 valence electrons. The van der Waals surface area contributed by atoms with E-state index < -0.39 is 0 Å². The number of rotatable bonds is 7. The molecule has 0 bridgehead atoms. The summed E-state index contributed by atoms with van der Waals surface area (Å²) in [6.45, 7) is 6.88. The van der Waals surface area contributed by atoms with E-state index in [1.165, 1.54) is 0 Å². The van der Waals surface area contributed by atoms with Crippen molar-refractivity contribution in [3.8, 4) is 5.75 Å². The Hall–Kier alpha value is -0.730. The molecule has 0 amide bonds. The van der Waals surface area contributed by atoms with E-state index >= 15 is 0 Å². The van der Waals surface area contributed by atoms with Crippen LogP contribution in [0.25, 0.3) is 0 Å². The number of benzene rings is 1. The van der Waals surface area contributed by atoms with Gasteiger partial charge < -0.3 is 10.1 Å². The fourth-order valence-electron chi connectivity index (χ4n) is 1.45. The SMILES string of the molecule is CCCNCCOc1ccc(Cl)c(CC)c1. The third kappa shape index (κ3) is 4.42. The summed E-state index contributed by atoms with van der Waals surface area (Å²) in [4.78, 5) is 0. The van der Waals surface area contributed by atoms with Gasteiger partial charge in [0.1, 0.15) is 12.4 Å². The van der Waals surface area contributed by atoms with Gasteiger partial charge in [-0.2, -0.15) is 0 Å². The van der Waals surface area contributed by atoms with Crippen molar-refractivity contribution in [3.05, 3.63) is 28.8 Å². The standard InChI is InChI=1S/C13H20ClNO/c1-3-7-15-8-9-16-12-5-6-13(14)11(4-2)10-12/h5-6,10,15H,3-4,7-9H2,1-2H3. The van der Waals surface area contributed by atoms with Crippen molar-refractivity contribution >= 4 is 11.6 Å². The maximum atomic E-state index is 6.03. The molecule has 3 heteroatoms. The lowest BCUT2D eigenvalue weighted by molar-refractivity contribution is 0.314. The normalized spacial score (nSPS) is 10.4. The molecule has 0 heterocycles. The van der Waals surface area contributed by atoms with Gasteiger partial charge >= 0.3 is 0 Å². The molecule has 1 aromatic carbocycles. The Morgan fingerprint density at radius 1 is 1.25 bits per heavy atom. The Morgan fingerprint density at radius 2 is 2.06 bits per heavy atom. The molecule has 0 aliphatic rings. The van der Waals surface area contributed by atoms with Crippen LogP contribution in [0.3, 0.4) is 0 Å². The van der Waals surface area contributed by atoms with E-state index in [-0.39, 0.29) is 0 Å². The summed E-state index contributed by atoms with van der Waals surface area (Å²) in [6.07, 6.45) is 2.09. The summed E-state index contributed by atoms with van der Waals surface area (Å²) in [6, 6.07) is 5.83. The van der Waals surface area contributed by atoms with E-state index in [1.807, 2.05) is 18.2 Å². The van der Waals surface area contributed by atoms with Gasteiger partial charge in [-0.25, -0.2) is 0 Å². The first-order valence-electron chi connectivity index (χ1n) is 5.89. The van der Waals surface area contributed by atoms with Crippen LogP contribution in [0.4, 0.5) is 0 Å². The molecule has 0 aliphatic carbocycles. The molecule has 1 N–H and O–H groups in total. The van der Waals surface area contributed by atoms with Gasteiger partial charge in [0.2, 0.25) is 0 Å². The highest BCUT2D eigenvalue weighted by Gasteiger charge is 2.00. The fourth-order valence-corrected chi connectivity index (χ4v) is 1.71. The van der Waals surface area contributed by atoms with Gasteiger partial charge in [0.15, 0.2) is 0 Å². The van der Waals surface area contributed by atoms with Crippen LogP contribution in [0.1, 0.15) is 25.8 Å². The van der Waals surface area contributed by atoms with Crippen LogP contribution < -0.4 is 10.1 Å². The van der Waals surface area contributed by atoms with Crippen molar-refractivity contribution in [3.63, 3.8) is 0 Å². The Morgan fingerprint density at radius 3 is 2.75 bits per heavy atom. The van der Waals surface area contributed by atoms with Gasteiger partial charge in [0, 0.05) is 11.6 Å². The van der Waals surface area contributed by atoms with Gasteiger partial charge in [-0.15, -0.1) is 0 Å². The fraction of sp³-hybridized carbons (Fsp3) is 0.538. The first-order chi connectivity index (χ1) is 7.77. The summed E-state index contributed by atoms with van der Waals surface area (Å²) in [5, 5.41) is 4.11. The van der Waals surface area contributed by atoms with Crippen LogP contribution in [0.2, 0.25) is 5.02 Å². The lowest BCUT2D eigenvalue weighted by atomic mass is 10.1. The second-order valence-corrected chi connectivity index (χ2v) is 4.11. The molecule has 0 spiro atoms. The quantitative estimate of drug-likeness (QED) is 0.740. The van der Waals surface area contributed by atoms with Crippen molar-refractivity contribution in [2.45, 2.75) is 26.7 Å². The second-order valence-electron chi connectivity index (χ2n) is 3.71. The molecule has 2 nitrogen and oxygen atoms in total. The Labute approximate surface area is 103 Å². The maximum Gasteiger partial charge on any atom is 0.119 e. The average Bonchev–Trinajstić information content (AvgIpc) is 2.31. The topological polar surface area (TPSA) is 21.3 Å². The predicted octanol–water partition coefficient (Wildman–Crippen LogP) is 3.28. The number of hydrogen-bond acceptors (Lipinski definition) is 2. The molecule has 0 fully saturated rings. The van der Waals surface area contributed by atoms with E-state index in [0.29, 0.717) is 6.61 Å². The minimum atomic E-state index is 0.699. The molecule has 0 aliphatic heterocycles. The van der Waals surface area contributed by atoms with E-state index in [1.54, 1.807) is 0 Å². The van der Waals surface area contributed by atoms with Crippen molar-refractivity contribution in [1.82, 2.24) is 5.32 Å². The first-order valence-corrected chi connectivity index (χ1v) is 6.27. The zero-order chi connectivity index (χ0) is 11.8. The number of nitrogens with one attached hydrogen (secondary N) is 1. The highest BCUT2D eigenvalue weighted by Crippen LogP contribution is 2.22. The van der Waals surface area contributed by atoms with E-state index in [0.717, 1.165) is 42.3 Å². The lowest BCUT2D eigenvalue weighted by Gasteiger charge is -2.09. The molecular formula is C13H20ClNO. The molecule has 0 unspecified atom stereocenters. The average molecular weight is 242 g/mol. The molecule has 0 saturated carbocycles. The monoisotopic (exact) mass is 241 g/mol. The molecule has 16 heavy (non-hydrogen) atoms. The number of halogens is 1. The van der Waals surface area contributed by atoms with Crippen LogP contribution in [-0.4, -0.2) is 19.7 Å². The van der Waals surface area contributed by atoms with Crippen LogP contribution in [0, 0.1) is 0 Å². The van der Waals surface area contributed by atoms with Gasteiger partial charge in [-0.05, 0) is 43.1 Å². The van der Waals surface area contributed by atoms with Gasteiger partial charge in [-0.3, -0.25) is 0 Å². The highest BCUT2D eigenvalue weighted by molar-refractivity contribution is 6.31. The van der Waals surface area contributed by atoms with E-state index in [4.69, 9.17) is 16.3 Å². The first kappa shape index (κ1) is 13.3. The largest absolute Gasteiger partial charge is 0.492 e. The zero-order valence-electron chi connectivity index (χ0n) is 10.1. The summed E-state index contributed by atoms with van der Waals surface area (Å²) >= 11 is 6.03. The van der Waals surface area contributed by atoms with Gasteiger partial charge in [-0.1, -0.05) is 25.4 Å². The maximum absolute atomic E-state index is 6.03. The predicted molar refractivity (Wildman–Crippen MR) is 69.5 cm³/mol. The molecular weight excluding hydrogens is 222 g/mol. The zero-order valence-corrected chi connectivity index (χ0v) is 10.8. The van der Waals surface area contributed by atoms with Crippen LogP contribution in [-0.2, 0) is 6.42 Å². The van der Waals surface area contributed by atoms with Crippen molar-refractivity contribution in [2.75, 3.05) is 19.7 Å². The molecule has 0 saturated heterocycles. The Balaban J connectivity index is 2.36.